The maximum absolute atomic E-state index is 4.23. The molecule has 0 amide bonds. The molecule has 0 aromatic carbocycles. The second kappa shape index (κ2) is 5.81. The van der Waals surface area contributed by atoms with Crippen molar-refractivity contribution in [3.05, 3.63) is 17.7 Å². The number of aromatic nitrogens is 2. The number of rotatable bonds is 2. The maximum Gasteiger partial charge on any atom is 0.0925 e. The second-order valence-corrected chi connectivity index (χ2v) is 2.77. The summed E-state index contributed by atoms with van der Waals surface area (Å²) in [6.45, 7) is 10.5. The van der Waals surface area contributed by atoms with E-state index in [1.54, 1.807) is 6.33 Å². The van der Waals surface area contributed by atoms with Gasteiger partial charge in [-0.05, 0) is 12.3 Å². The smallest absolute Gasteiger partial charge is 0.0925 e. The number of aryl methyl sites for hydroxylation is 1. The molecule has 0 saturated carbocycles. The number of H-pyrrole nitrogens is 1. The van der Waals surface area contributed by atoms with Gasteiger partial charge in [-0.1, -0.05) is 34.6 Å². The van der Waals surface area contributed by atoms with Crippen LogP contribution in [-0.4, -0.2) is 9.97 Å². The lowest BCUT2D eigenvalue weighted by Crippen LogP contribution is -1.93. The van der Waals surface area contributed by atoms with Gasteiger partial charge in [0.1, 0.15) is 0 Å². The topological polar surface area (TPSA) is 28.7 Å². The molecule has 0 aliphatic rings. The van der Waals surface area contributed by atoms with Gasteiger partial charge in [0.15, 0.2) is 0 Å². The Morgan fingerprint density at radius 1 is 1.42 bits per heavy atom. The Morgan fingerprint density at radius 3 is 2.33 bits per heavy atom. The van der Waals surface area contributed by atoms with E-state index in [0.717, 1.165) is 6.42 Å². The molecule has 70 valence electrons. The predicted molar refractivity (Wildman–Crippen MR) is 53.4 cm³/mol. The Kier molecular flexibility index (Phi) is 5.43. The summed E-state index contributed by atoms with van der Waals surface area (Å²) in [4.78, 5) is 7.36. The average molecular weight is 168 g/mol. The predicted octanol–water partition coefficient (Wildman–Crippen LogP) is 3.12. The molecule has 1 aromatic heterocycles. The highest BCUT2D eigenvalue weighted by Crippen LogP contribution is 2.14. The van der Waals surface area contributed by atoms with Gasteiger partial charge in [0.05, 0.1) is 12.0 Å². The van der Waals surface area contributed by atoms with Crippen molar-refractivity contribution in [2.75, 3.05) is 0 Å². The first-order valence-electron chi connectivity index (χ1n) is 4.77. The van der Waals surface area contributed by atoms with Crippen LogP contribution in [0.1, 0.15) is 51.9 Å². The van der Waals surface area contributed by atoms with Gasteiger partial charge in [-0.25, -0.2) is 4.98 Å². The van der Waals surface area contributed by atoms with E-state index in [-0.39, 0.29) is 0 Å². The minimum Gasteiger partial charge on any atom is -0.348 e. The monoisotopic (exact) mass is 168 g/mol. The molecule has 0 bridgehead atoms. The van der Waals surface area contributed by atoms with E-state index in [1.165, 1.54) is 11.4 Å². The van der Waals surface area contributed by atoms with E-state index in [2.05, 4.69) is 30.7 Å². The molecule has 2 heteroatoms. The van der Waals surface area contributed by atoms with E-state index < -0.39 is 0 Å². The molecule has 0 radical (unpaired) electrons. The lowest BCUT2D eigenvalue weighted by molar-refractivity contribution is 0.810. The number of nitrogens with zero attached hydrogens (tertiary/aromatic N) is 1. The van der Waals surface area contributed by atoms with Crippen molar-refractivity contribution in [2.45, 2.75) is 47.0 Å². The molecule has 12 heavy (non-hydrogen) atoms. The fraction of sp³-hybridized carbons (Fsp3) is 0.700. The zero-order chi connectivity index (χ0) is 9.56. The summed E-state index contributed by atoms with van der Waals surface area (Å²) in [5, 5.41) is 0. The fourth-order valence-electron chi connectivity index (χ4n) is 1.11. The molecule has 0 spiro atoms. The Bertz CT molecular complexity index is 201. The van der Waals surface area contributed by atoms with Crippen LogP contribution in [0.5, 0.6) is 0 Å². The summed E-state index contributed by atoms with van der Waals surface area (Å²) in [6, 6.07) is 0. The van der Waals surface area contributed by atoms with Crippen molar-refractivity contribution in [3.8, 4) is 0 Å². The van der Waals surface area contributed by atoms with E-state index >= 15 is 0 Å². The standard InChI is InChI=1S/C8H14N2.C2H6/c1-4-7-8(6(2)3)10-5-9-7;1-2/h5-6H,4H2,1-3H3,(H,9,10);1-2H3. The number of imidazole rings is 1. The van der Waals surface area contributed by atoms with E-state index in [4.69, 9.17) is 0 Å². The van der Waals surface area contributed by atoms with E-state index in [1.807, 2.05) is 13.8 Å². The van der Waals surface area contributed by atoms with E-state index in [0.29, 0.717) is 5.92 Å². The van der Waals surface area contributed by atoms with Gasteiger partial charge in [-0.3, -0.25) is 0 Å². The van der Waals surface area contributed by atoms with Gasteiger partial charge in [-0.2, -0.15) is 0 Å². The highest BCUT2D eigenvalue weighted by molar-refractivity contribution is 5.14. The van der Waals surface area contributed by atoms with Crippen molar-refractivity contribution >= 4 is 0 Å². The summed E-state index contributed by atoms with van der Waals surface area (Å²) < 4.78 is 0. The van der Waals surface area contributed by atoms with E-state index in [9.17, 15) is 0 Å². The lowest BCUT2D eigenvalue weighted by Gasteiger charge is -2.01. The normalized spacial score (nSPS) is 9.50. The molecule has 0 atom stereocenters. The molecular weight excluding hydrogens is 148 g/mol. The first-order chi connectivity index (χ1) is 5.75. The zero-order valence-corrected chi connectivity index (χ0v) is 8.81. The largest absolute Gasteiger partial charge is 0.348 e. The van der Waals surface area contributed by atoms with Crippen LogP contribution in [-0.2, 0) is 6.42 Å². The van der Waals surface area contributed by atoms with Crippen molar-refractivity contribution in [3.63, 3.8) is 0 Å². The van der Waals surface area contributed by atoms with Gasteiger partial charge >= 0.3 is 0 Å². The van der Waals surface area contributed by atoms with Crippen molar-refractivity contribution in [1.82, 2.24) is 9.97 Å². The zero-order valence-electron chi connectivity index (χ0n) is 8.81. The molecule has 0 aliphatic heterocycles. The SMILES string of the molecule is CC.CCc1[nH]cnc1C(C)C. The van der Waals surface area contributed by atoms with Crippen LogP contribution in [0.25, 0.3) is 0 Å². The highest BCUT2D eigenvalue weighted by Gasteiger charge is 2.06. The number of aromatic amines is 1. The summed E-state index contributed by atoms with van der Waals surface area (Å²) in [5.74, 6) is 0.543. The van der Waals surface area contributed by atoms with Gasteiger partial charge in [0, 0.05) is 5.69 Å². The van der Waals surface area contributed by atoms with Crippen LogP contribution in [0.3, 0.4) is 0 Å². The quantitative estimate of drug-likeness (QED) is 0.722. The molecule has 1 N–H and O–H groups in total. The minimum absolute atomic E-state index is 0.543. The lowest BCUT2D eigenvalue weighted by atomic mass is 10.1. The minimum atomic E-state index is 0.543. The summed E-state index contributed by atoms with van der Waals surface area (Å²) in [6.07, 6.45) is 2.82. The van der Waals surface area contributed by atoms with Crippen LogP contribution in [0.15, 0.2) is 6.33 Å². The highest BCUT2D eigenvalue weighted by atomic mass is 14.9. The molecule has 0 unspecified atom stereocenters. The molecule has 0 saturated heterocycles. The van der Waals surface area contributed by atoms with Gasteiger partial charge in [-0.15, -0.1) is 0 Å². The summed E-state index contributed by atoms with van der Waals surface area (Å²) >= 11 is 0. The summed E-state index contributed by atoms with van der Waals surface area (Å²) in [7, 11) is 0. The first-order valence-corrected chi connectivity index (χ1v) is 4.77. The van der Waals surface area contributed by atoms with Crippen molar-refractivity contribution in [1.29, 1.82) is 0 Å². The third kappa shape index (κ3) is 2.68. The van der Waals surface area contributed by atoms with Crippen LogP contribution in [0, 0.1) is 0 Å². The number of nitrogens with one attached hydrogen (secondary N) is 1. The van der Waals surface area contributed by atoms with Crippen molar-refractivity contribution < 1.29 is 0 Å². The molecule has 1 rings (SSSR count). The molecule has 0 aliphatic carbocycles. The molecule has 1 heterocycles. The fourth-order valence-corrected chi connectivity index (χ4v) is 1.11. The van der Waals surface area contributed by atoms with Gasteiger partial charge < -0.3 is 4.98 Å². The Labute approximate surface area is 75.4 Å². The van der Waals surface area contributed by atoms with Gasteiger partial charge in [0.2, 0.25) is 0 Å². The third-order valence-corrected chi connectivity index (χ3v) is 1.65. The summed E-state index contributed by atoms with van der Waals surface area (Å²) in [5.41, 5.74) is 2.48. The Hall–Kier alpha value is -0.790. The first kappa shape index (κ1) is 11.2. The van der Waals surface area contributed by atoms with Crippen LogP contribution >= 0.6 is 0 Å². The Morgan fingerprint density at radius 2 is 2.00 bits per heavy atom. The van der Waals surface area contributed by atoms with Gasteiger partial charge in [0.25, 0.3) is 0 Å². The number of hydrogen-bond acceptors (Lipinski definition) is 1. The number of hydrogen-bond donors (Lipinski definition) is 1. The Balaban J connectivity index is 0.000000561. The molecule has 1 aromatic rings. The van der Waals surface area contributed by atoms with Crippen molar-refractivity contribution in [2.24, 2.45) is 0 Å². The van der Waals surface area contributed by atoms with Crippen LogP contribution in [0.4, 0.5) is 0 Å². The average Bonchev–Trinajstić information content (AvgIpc) is 2.55. The molecule has 0 fully saturated rings. The molecular formula is C10H20N2. The third-order valence-electron chi connectivity index (χ3n) is 1.65. The maximum atomic E-state index is 4.23. The molecule has 2 nitrogen and oxygen atoms in total. The van der Waals surface area contributed by atoms with Crippen LogP contribution in [0.2, 0.25) is 0 Å². The van der Waals surface area contributed by atoms with Crippen LogP contribution < -0.4 is 0 Å². The second-order valence-electron chi connectivity index (χ2n) is 2.77.